The van der Waals surface area contributed by atoms with Gasteiger partial charge in [0, 0.05) is 0 Å². The zero-order valence-electron chi connectivity index (χ0n) is 15.0. The molecule has 2 atom stereocenters. The van der Waals surface area contributed by atoms with E-state index in [2.05, 4.69) is 0 Å². The summed E-state index contributed by atoms with van der Waals surface area (Å²) in [4.78, 5) is 58.6. The van der Waals surface area contributed by atoms with E-state index in [0.29, 0.717) is 17.9 Å². The monoisotopic (exact) mass is 372 g/mol. The summed E-state index contributed by atoms with van der Waals surface area (Å²) in [6, 6.07) is -1.34. The molecule has 10 nitrogen and oxygen atoms in total. The highest BCUT2D eigenvalue weighted by Gasteiger charge is 2.49. The van der Waals surface area contributed by atoms with Crippen LogP contribution in [0.1, 0.15) is 39.5 Å². The topological polar surface area (TPSA) is 112 Å². The van der Waals surface area contributed by atoms with Crippen molar-refractivity contribution in [3.8, 4) is 0 Å². The second kappa shape index (κ2) is 9.48. The number of hydrogen-bond acceptors (Lipinski definition) is 8. The molecule has 146 valence electrons. The van der Waals surface area contributed by atoms with Crippen molar-refractivity contribution in [2.75, 3.05) is 26.4 Å². The maximum atomic E-state index is 12.6. The molecule has 0 N–H and O–H groups in total. The highest BCUT2D eigenvalue weighted by Crippen LogP contribution is 2.34. The lowest BCUT2D eigenvalue weighted by Gasteiger charge is -2.44. The van der Waals surface area contributed by atoms with Gasteiger partial charge in [0.1, 0.15) is 0 Å². The summed E-state index contributed by atoms with van der Waals surface area (Å²) >= 11 is 0. The Morgan fingerprint density at radius 1 is 0.962 bits per heavy atom. The van der Waals surface area contributed by atoms with Crippen molar-refractivity contribution in [3.05, 3.63) is 0 Å². The van der Waals surface area contributed by atoms with Gasteiger partial charge in [0.2, 0.25) is 0 Å². The minimum Gasteiger partial charge on any atom is -0.464 e. The number of fused-ring (bicyclic) bond motifs is 1. The van der Waals surface area contributed by atoms with Gasteiger partial charge in [-0.05, 0) is 26.7 Å². The van der Waals surface area contributed by atoms with Crippen LogP contribution in [0, 0.1) is 5.92 Å². The molecule has 0 bridgehead atoms. The smallest absolute Gasteiger partial charge is 0.375 e. The molecule has 0 aromatic carbocycles. The molecule has 0 aromatic rings. The number of urea groups is 1. The molecule has 0 spiro atoms. The Balaban J connectivity index is 2.08. The van der Waals surface area contributed by atoms with E-state index in [4.69, 9.17) is 19.1 Å². The molecule has 1 saturated heterocycles. The lowest BCUT2D eigenvalue weighted by Crippen LogP contribution is -2.62. The lowest BCUT2D eigenvalue weighted by atomic mass is 9.82. The maximum Gasteiger partial charge on any atom is 0.375 e. The summed E-state index contributed by atoms with van der Waals surface area (Å²) in [6.45, 7) is 2.60. The Bertz CT molecular complexity index is 552. The van der Waals surface area contributed by atoms with Gasteiger partial charge in [-0.15, -0.1) is 5.06 Å². The fraction of sp³-hybridized carbons (Fsp3) is 0.750. The fourth-order valence-electron chi connectivity index (χ4n) is 3.07. The van der Waals surface area contributed by atoms with Crippen molar-refractivity contribution in [2.24, 2.45) is 5.92 Å². The van der Waals surface area contributed by atoms with Gasteiger partial charge < -0.3 is 9.47 Å². The molecular weight excluding hydrogens is 348 g/mol. The summed E-state index contributed by atoms with van der Waals surface area (Å²) in [6.07, 6.45) is 2.81. The Morgan fingerprint density at radius 2 is 1.54 bits per heavy atom. The van der Waals surface area contributed by atoms with Crippen LogP contribution in [0.2, 0.25) is 0 Å². The number of carbonyl (C=O) groups excluding carboxylic acids is 4. The van der Waals surface area contributed by atoms with Crippen LogP contribution in [0.5, 0.6) is 0 Å². The van der Waals surface area contributed by atoms with Crippen LogP contribution in [0.25, 0.3) is 0 Å². The van der Waals surface area contributed by atoms with Crippen molar-refractivity contribution in [3.63, 3.8) is 0 Å². The largest absolute Gasteiger partial charge is 0.464 e. The number of hydroxylamine groups is 4. The number of nitrogens with zero attached hydrogens (tertiary/aromatic N) is 2. The summed E-state index contributed by atoms with van der Waals surface area (Å²) < 4.78 is 9.51. The molecule has 1 saturated carbocycles. The molecule has 1 aliphatic heterocycles. The highest BCUT2D eigenvalue weighted by molar-refractivity contribution is 5.97. The quantitative estimate of drug-likeness (QED) is 0.575. The van der Waals surface area contributed by atoms with Gasteiger partial charge in [0.25, 0.3) is 5.91 Å². The van der Waals surface area contributed by atoms with Crippen molar-refractivity contribution in [2.45, 2.75) is 45.6 Å². The summed E-state index contributed by atoms with van der Waals surface area (Å²) in [5.41, 5.74) is 0. The van der Waals surface area contributed by atoms with Crippen LogP contribution in [0.15, 0.2) is 0 Å². The zero-order valence-corrected chi connectivity index (χ0v) is 15.0. The minimum atomic E-state index is -0.869. The number of esters is 2. The number of carbonyl (C=O) groups is 4. The van der Waals surface area contributed by atoms with Crippen LogP contribution >= 0.6 is 0 Å². The Labute approximate surface area is 151 Å². The van der Waals surface area contributed by atoms with Gasteiger partial charge in [-0.3, -0.25) is 9.63 Å². The third-order valence-corrected chi connectivity index (χ3v) is 4.15. The van der Waals surface area contributed by atoms with Crippen molar-refractivity contribution < 1.29 is 38.3 Å². The highest BCUT2D eigenvalue weighted by atomic mass is 16.7. The third kappa shape index (κ3) is 4.70. The lowest BCUT2D eigenvalue weighted by molar-refractivity contribution is -0.234. The molecular formula is C16H24N2O8. The normalized spacial score (nSPS) is 22.8. The van der Waals surface area contributed by atoms with E-state index >= 15 is 0 Å². The summed E-state index contributed by atoms with van der Waals surface area (Å²) in [7, 11) is 0. The van der Waals surface area contributed by atoms with Gasteiger partial charge in [-0.25, -0.2) is 19.2 Å². The van der Waals surface area contributed by atoms with E-state index < -0.39 is 49.1 Å². The van der Waals surface area contributed by atoms with Crippen LogP contribution in [-0.2, 0) is 33.5 Å². The van der Waals surface area contributed by atoms with Crippen LogP contribution in [0.4, 0.5) is 4.79 Å². The van der Waals surface area contributed by atoms with Crippen molar-refractivity contribution in [1.29, 1.82) is 0 Å². The second-order valence-corrected chi connectivity index (χ2v) is 5.86. The van der Waals surface area contributed by atoms with E-state index in [0.717, 1.165) is 17.9 Å². The molecule has 2 aliphatic rings. The van der Waals surface area contributed by atoms with Crippen LogP contribution in [0.3, 0.4) is 0 Å². The van der Waals surface area contributed by atoms with E-state index in [1.54, 1.807) is 13.8 Å². The van der Waals surface area contributed by atoms with Crippen molar-refractivity contribution >= 4 is 23.9 Å². The first-order valence-electron chi connectivity index (χ1n) is 8.73. The molecule has 1 aliphatic carbocycles. The van der Waals surface area contributed by atoms with Gasteiger partial charge in [0.05, 0.1) is 25.2 Å². The van der Waals surface area contributed by atoms with Gasteiger partial charge in [-0.2, -0.15) is 5.06 Å². The van der Waals surface area contributed by atoms with Gasteiger partial charge >= 0.3 is 18.0 Å². The number of amides is 3. The Hall–Kier alpha value is -2.20. The molecule has 26 heavy (non-hydrogen) atoms. The molecule has 10 heteroatoms. The first kappa shape index (κ1) is 20.1. The number of rotatable bonds is 8. The average Bonchev–Trinajstić information content (AvgIpc) is 2.62. The first-order valence-corrected chi connectivity index (χ1v) is 8.73. The predicted molar refractivity (Wildman–Crippen MR) is 85.0 cm³/mol. The van der Waals surface area contributed by atoms with Crippen LogP contribution in [-0.4, -0.2) is 66.5 Å². The Morgan fingerprint density at radius 3 is 2.15 bits per heavy atom. The fourth-order valence-corrected chi connectivity index (χ4v) is 3.07. The average molecular weight is 372 g/mol. The summed E-state index contributed by atoms with van der Waals surface area (Å²) in [5, 5.41) is 1.52. The third-order valence-electron chi connectivity index (χ3n) is 4.15. The molecule has 2 rings (SSSR count). The molecule has 3 amide bonds. The number of hydrogen-bond donors (Lipinski definition) is 0. The SMILES string of the molecule is CCOC(=O)CON1C(=O)C2CCCCC2N(OCC(=O)OCC)C1=O. The molecule has 1 heterocycles. The van der Waals surface area contributed by atoms with E-state index in [1.807, 2.05) is 0 Å². The van der Waals surface area contributed by atoms with E-state index in [-0.39, 0.29) is 13.2 Å². The standard InChI is InChI=1S/C16H24N2O8/c1-3-23-13(19)9-25-17-12-8-6-5-7-11(12)15(21)18(16(17)22)26-10-14(20)24-4-2/h11-12H,3-10H2,1-2H3. The summed E-state index contributed by atoms with van der Waals surface area (Å²) in [5.74, 6) is -2.34. The minimum absolute atomic E-state index is 0.156. The second-order valence-electron chi connectivity index (χ2n) is 5.86. The van der Waals surface area contributed by atoms with Gasteiger partial charge in [-0.1, -0.05) is 12.8 Å². The van der Waals surface area contributed by atoms with Crippen molar-refractivity contribution in [1.82, 2.24) is 10.1 Å². The van der Waals surface area contributed by atoms with E-state index in [1.165, 1.54) is 0 Å². The van der Waals surface area contributed by atoms with Crippen LogP contribution < -0.4 is 0 Å². The Kier molecular flexibility index (Phi) is 7.34. The molecule has 0 radical (unpaired) electrons. The van der Waals surface area contributed by atoms with Gasteiger partial charge in [0.15, 0.2) is 13.2 Å². The number of imide groups is 1. The van der Waals surface area contributed by atoms with E-state index in [9.17, 15) is 19.2 Å². The zero-order chi connectivity index (χ0) is 19.1. The number of ether oxygens (including phenoxy) is 2. The molecule has 0 aromatic heterocycles. The molecule has 2 fully saturated rings. The first-order chi connectivity index (χ1) is 12.5. The molecule has 2 unspecified atom stereocenters. The predicted octanol–water partition coefficient (Wildman–Crippen LogP) is 0.799. The maximum absolute atomic E-state index is 12.6.